The molecule has 0 fully saturated rings. The molecule has 1 N–H and O–H groups in total. The van der Waals surface area contributed by atoms with Crippen LogP contribution in [0.25, 0.3) is 0 Å². The average molecular weight is 348 g/mol. The van der Waals surface area contributed by atoms with Crippen LogP contribution in [0, 0.1) is 0 Å². The highest BCUT2D eigenvalue weighted by molar-refractivity contribution is 6.32. The first-order valence-corrected chi connectivity index (χ1v) is 7.67. The molecular formula is C17H18ClN3O3. The molecule has 0 aliphatic rings. The van der Waals surface area contributed by atoms with E-state index in [1.165, 1.54) is 19.5 Å². The van der Waals surface area contributed by atoms with Crippen molar-refractivity contribution in [3.8, 4) is 11.5 Å². The van der Waals surface area contributed by atoms with Gasteiger partial charge in [-0.2, -0.15) is 5.10 Å². The van der Waals surface area contributed by atoms with E-state index in [1.54, 1.807) is 30.3 Å². The van der Waals surface area contributed by atoms with E-state index in [4.69, 9.17) is 21.1 Å². The number of nitrogens with zero attached hydrogens (tertiary/aromatic N) is 2. The van der Waals surface area contributed by atoms with Crippen LogP contribution in [-0.2, 0) is 0 Å². The fourth-order valence-corrected chi connectivity index (χ4v) is 2.15. The summed E-state index contributed by atoms with van der Waals surface area (Å²) in [5, 5.41) is 4.31. The molecule has 0 saturated heterocycles. The van der Waals surface area contributed by atoms with E-state index in [0.29, 0.717) is 22.1 Å². The van der Waals surface area contributed by atoms with Crippen molar-refractivity contribution in [1.82, 2.24) is 10.4 Å². The fraction of sp³-hybridized carbons (Fsp3) is 0.235. The van der Waals surface area contributed by atoms with Gasteiger partial charge in [0.1, 0.15) is 5.69 Å². The zero-order chi connectivity index (χ0) is 17.5. The molecule has 2 aromatic rings. The van der Waals surface area contributed by atoms with Gasteiger partial charge < -0.3 is 9.47 Å². The molecule has 0 bridgehead atoms. The van der Waals surface area contributed by atoms with Crippen molar-refractivity contribution in [2.75, 3.05) is 7.11 Å². The van der Waals surface area contributed by atoms with Crippen molar-refractivity contribution in [2.45, 2.75) is 20.0 Å². The summed E-state index contributed by atoms with van der Waals surface area (Å²) in [6.07, 6.45) is 2.97. The van der Waals surface area contributed by atoms with E-state index in [-0.39, 0.29) is 11.8 Å². The topological polar surface area (TPSA) is 72.8 Å². The molecular weight excluding hydrogens is 330 g/mol. The van der Waals surface area contributed by atoms with Crippen LogP contribution in [0.15, 0.2) is 41.6 Å². The maximum absolute atomic E-state index is 11.8. The van der Waals surface area contributed by atoms with Gasteiger partial charge in [0.15, 0.2) is 11.5 Å². The van der Waals surface area contributed by atoms with Crippen molar-refractivity contribution in [3.63, 3.8) is 0 Å². The van der Waals surface area contributed by atoms with Crippen LogP contribution < -0.4 is 14.9 Å². The molecule has 0 aliphatic carbocycles. The Morgan fingerprint density at radius 2 is 2.17 bits per heavy atom. The summed E-state index contributed by atoms with van der Waals surface area (Å²) in [5.74, 6) is 0.571. The third kappa shape index (κ3) is 4.70. The first-order valence-electron chi connectivity index (χ1n) is 7.30. The van der Waals surface area contributed by atoms with E-state index < -0.39 is 5.91 Å². The summed E-state index contributed by atoms with van der Waals surface area (Å²) in [5.41, 5.74) is 3.35. The third-order valence-corrected chi connectivity index (χ3v) is 3.16. The number of carbonyl (C=O) groups excluding carboxylic acids is 1. The van der Waals surface area contributed by atoms with Gasteiger partial charge in [0, 0.05) is 6.20 Å². The lowest BCUT2D eigenvalue weighted by molar-refractivity contribution is 0.0950. The molecule has 0 spiro atoms. The molecule has 0 aliphatic heterocycles. The number of hydrogen-bond donors (Lipinski definition) is 1. The second-order valence-electron chi connectivity index (χ2n) is 5.11. The van der Waals surface area contributed by atoms with Gasteiger partial charge >= 0.3 is 0 Å². The Balaban J connectivity index is 2.12. The first-order chi connectivity index (χ1) is 11.5. The summed E-state index contributed by atoms with van der Waals surface area (Å²) >= 11 is 6.23. The molecule has 126 valence electrons. The fourth-order valence-electron chi connectivity index (χ4n) is 1.88. The van der Waals surface area contributed by atoms with Crippen molar-refractivity contribution >= 4 is 23.7 Å². The van der Waals surface area contributed by atoms with Gasteiger partial charge in [0.25, 0.3) is 5.91 Å². The van der Waals surface area contributed by atoms with Gasteiger partial charge in [-0.3, -0.25) is 9.78 Å². The summed E-state index contributed by atoms with van der Waals surface area (Å²) in [6, 6.07) is 8.46. The number of halogens is 1. The Kier molecular flexibility index (Phi) is 6.14. The van der Waals surface area contributed by atoms with E-state index in [0.717, 1.165) is 0 Å². The maximum Gasteiger partial charge on any atom is 0.289 e. The van der Waals surface area contributed by atoms with Crippen LogP contribution in [0.5, 0.6) is 11.5 Å². The van der Waals surface area contributed by atoms with Crippen molar-refractivity contribution < 1.29 is 14.3 Å². The standard InChI is InChI=1S/C17H18ClN3O3/c1-11(2)24-16-13(18)8-12(9-15(16)23-3)10-20-21-17(22)14-6-4-5-7-19-14/h4-11H,1-3H3,(H,21,22)/b20-10-. The predicted molar refractivity (Wildman–Crippen MR) is 93.1 cm³/mol. The number of amides is 1. The van der Waals surface area contributed by atoms with E-state index in [1.807, 2.05) is 13.8 Å². The van der Waals surface area contributed by atoms with Crippen LogP contribution in [0.3, 0.4) is 0 Å². The third-order valence-electron chi connectivity index (χ3n) is 2.88. The Morgan fingerprint density at radius 3 is 2.79 bits per heavy atom. The summed E-state index contributed by atoms with van der Waals surface area (Å²) in [4.78, 5) is 15.8. The van der Waals surface area contributed by atoms with Gasteiger partial charge in [-0.25, -0.2) is 5.43 Å². The van der Waals surface area contributed by atoms with Crippen LogP contribution in [-0.4, -0.2) is 30.3 Å². The van der Waals surface area contributed by atoms with Gasteiger partial charge in [-0.1, -0.05) is 17.7 Å². The lowest BCUT2D eigenvalue weighted by Crippen LogP contribution is -2.18. The summed E-state index contributed by atoms with van der Waals surface area (Å²) < 4.78 is 10.9. The first kappa shape index (κ1) is 17.7. The van der Waals surface area contributed by atoms with E-state index in [9.17, 15) is 4.79 Å². The van der Waals surface area contributed by atoms with Crippen LogP contribution in [0.1, 0.15) is 29.9 Å². The number of pyridine rings is 1. The largest absolute Gasteiger partial charge is 0.493 e. The highest BCUT2D eigenvalue weighted by Gasteiger charge is 2.13. The second-order valence-corrected chi connectivity index (χ2v) is 5.52. The number of benzene rings is 1. The van der Waals surface area contributed by atoms with Crippen LogP contribution in [0.2, 0.25) is 5.02 Å². The molecule has 7 heteroatoms. The number of hydrogen-bond acceptors (Lipinski definition) is 5. The van der Waals surface area contributed by atoms with E-state index in [2.05, 4.69) is 15.5 Å². The number of nitrogens with one attached hydrogen (secondary N) is 1. The predicted octanol–water partition coefficient (Wildman–Crippen LogP) is 3.29. The number of rotatable bonds is 6. The minimum Gasteiger partial charge on any atom is -0.493 e. The Morgan fingerprint density at radius 1 is 1.38 bits per heavy atom. The lowest BCUT2D eigenvalue weighted by atomic mass is 10.2. The SMILES string of the molecule is COc1cc(/C=N\NC(=O)c2ccccn2)cc(Cl)c1OC(C)C. The quantitative estimate of drug-likeness (QED) is 0.642. The molecule has 0 saturated carbocycles. The molecule has 2 rings (SSSR count). The average Bonchev–Trinajstić information content (AvgIpc) is 2.57. The van der Waals surface area contributed by atoms with E-state index >= 15 is 0 Å². The molecule has 1 aromatic heterocycles. The zero-order valence-electron chi connectivity index (χ0n) is 13.6. The molecule has 24 heavy (non-hydrogen) atoms. The maximum atomic E-state index is 11.8. The van der Waals surface area contributed by atoms with Crippen molar-refractivity contribution in [3.05, 3.63) is 52.8 Å². The molecule has 1 heterocycles. The normalized spacial score (nSPS) is 10.9. The van der Waals surface area contributed by atoms with Gasteiger partial charge in [-0.05, 0) is 43.7 Å². The molecule has 0 atom stereocenters. The van der Waals surface area contributed by atoms with Gasteiger partial charge in [0.2, 0.25) is 0 Å². The smallest absolute Gasteiger partial charge is 0.289 e. The van der Waals surface area contributed by atoms with Crippen molar-refractivity contribution in [1.29, 1.82) is 0 Å². The highest BCUT2D eigenvalue weighted by Crippen LogP contribution is 2.36. The molecule has 0 radical (unpaired) electrons. The number of methoxy groups -OCH3 is 1. The van der Waals surface area contributed by atoms with Crippen LogP contribution >= 0.6 is 11.6 Å². The summed E-state index contributed by atoms with van der Waals surface area (Å²) in [6.45, 7) is 3.80. The molecule has 6 nitrogen and oxygen atoms in total. The zero-order valence-corrected chi connectivity index (χ0v) is 14.4. The molecule has 1 amide bonds. The van der Waals surface area contributed by atoms with Gasteiger partial charge in [0.05, 0.1) is 24.5 Å². The summed E-state index contributed by atoms with van der Waals surface area (Å²) in [7, 11) is 1.53. The highest BCUT2D eigenvalue weighted by atomic mass is 35.5. The van der Waals surface area contributed by atoms with Crippen LogP contribution in [0.4, 0.5) is 0 Å². The minimum atomic E-state index is -0.398. The number of ether oxygens (including phenoxy) is 2. The number of aromatic nitrogens is 1. The Labute approximate surface area is 145 Å². The molecule has 1 aromatic carbocycles. The van der Waals surface area contributed by atoms with Gasteiger partial charge in [-0.15, -0.1) is 0 Å². The molecule has 0 unspecified atom stereocenters. The second kappa shape index (κ2) is 8.31. The monoisotopic (exact) mass is 347 g/mol. The van der Waals surface area contributed by atoms with Crippen molar-refractivity contribution in [2.24, 2.45) is 5.10 Å². The lowest BCUT2D eigenvalue weighted by Gasteiger charge is -2.15. The number of hydrazone groups is 1. The number of carbonyl (C=O) groups is 1. The minimum absolute atomic E-state index is 0.0337. The Hall–Kier alpha value is -2.60. The Bertz CT molecular complexity index is 733.